The molecule has 2 N–H and O–H groups in total. The van der Waals surface area contributed by atoms with E-state index in [1.807, 2.05) is 38.1 Å². The van der Waals surface area contributed by atoms with Gasteiger partial charge in [0.2, 0.25) is 0 Å². The quantitative estimate of drug-likeness (QED) is 0.659. The summed E-state index contributed by atoms with van der Waals surface area (Å²) in [4.78, 5) is 35.4. The van der Waals surface area contributed by atoms with Crippen molar-refractivity contribution >= 4 is 17.8 Å². The highest BCUT2D eigenvalue weighted by Crippen LogP contribution is 2.16. The van der Waals surface area contributed by atoms with Crippen molar-refractivity contribution in [3.8, 4) is 0 Å². The van der Waals surface area contributed by atoms with Gasteiger partial charge in [-0.05, 0) is 31.0 Å². The second-order valence-corrected chi connectivity index (χ2v) is 6.08. The first kappa shape index (κ1) is 20.2. The van der Waals surface area contributed by atoms with Crippen molar-refractivity contribution < 1.29 is 23.5 Å². The van der Waals surface area contributed by atoms with Gasteiger partial charge in [0.1, 0.15) is 0 Å². The zero-order chi connectivity index (χ0) is 19.6. The number of ether oxygens (including phenoxy) is 1. The number of rotatable bonds is 9. The first-order chi connectivity index (χ1) is 13.0. The fourth-order valence-electron chi connectivity index (χ4n) is 2.45. The Labute approximate surface area is 158 Å². The van der Waals surface area contributed by atoms with E-state index in [2.05, 4.69) is 10.6 Å². The van der Waals surface area contributed by atoms with E-state index < -0.39 is 11.9 Å². The Morgan fingerprint density at radius 1 is 1.15 bits per heavy atom. The zero-order valence-corrected chi connectivity index (χ0v) is 15.5. The van der Waals surface area contributed by atoms with E-state index in [0.717, 1.165) is 17.5 Å². The third-order valence-electron chi connectivity index (χ3n) is 3.95. The Morgan fingerprint density at radius 3 is 2.52 bits per heavy atom. The minimum absolute atomic E-state index is 0.0328. The number of esters is 1. The Morgan fingerprint density at radius 2 is 1.89 bits per heavy atom. The van der Waals surface area contributed by atoms with Gasteiger partial charge in [0.05, 0.1) is 18.7 Å². The van der Waals surface area contributed by atoms with Crippen LogP contribution >= 0.6 is 0 Å². The lowest BCUT2D eigenvalue weighted by atomic mass is 10.0. The number of amides is 2. The fourth-order valence-corrected chi connectivity index (χ4v) is 2.45. The van der Waals surface area contributed by atoms with Crippen molar-refractivity contribution in [3.63, 3.8) is 0 Å². The summed E-state index contributed by atoms with van der Waals surface area (Å²) in [6.45, 7) is 3.71. The maximum Gasteiger partial charge on any atom is 0.308 e. The monoisotopic (exact) mass is 372 g/mol. The maximum atomic E-state index is 12.0. The van der Waals surface area contributed by atoms with Gasteiger partial charge >= 0.3 is 5.97 Å². The predicted octanol–water partition coefficient (Wildman–Crippen LogP) is 2.52. The van der Waals surface area contributed by atoms with Crippen LogP contribution in [-0.2, 0) is 14.3 Å². The molecular weight excluding hydrogens is 348 g/mol. The highest BCUT2D eigenvalue weighted by molar-refractivity contribution is 5.91. The number of hydrogen-bond donors (Lipinski definition) is 2. The summed E-state index contributed by atoms with van der Waals surface area (Å²) in [6, 6.07) is 10.9. The number of carbonyl (C=O) groups is 3. The van der Waals surface area contributed by atoms with Crippen LogP contribution in [0.25, 0.3) is 0 Å². The molecule has 0 unspecified atom stereocenters. The zero-order valence-electron chi connectivity index (χ0n) is 15.5. The van der Waals surface area contributed by atoms with E-state index in [0.29, 0.717) is 0 Å². The average molecular weight is 372 g/mol. The van der Waals surface area contributed by atoms with Crippen molar-refractivity contribution in [1.29, 1.82) is 0 Å². The number of aryl methyl sites for hydroxylation is 1. The summed E-state index contributed by atoms with van der Waals surface area (Å²) in [5.41, 5.74) is 2.15. The fraction of sp³-hybridized carbons (Fsp3) is 0.350. The lowest BCUT2D eigenvalue weighted by molar-refractivity contribution is -0.148. The topological polar surface area (TPSA) is 97.6 Å². The molecule has 0 aliphatic rings. The lowest BCUT2D eigenvalue weighted by Crippen LogP contribution is -2.33. The molecule has 144 valence electrons. The summed E-state index contributed by atoms with van der Waals surface area (Å²) < 4.78 is 9.89. The van der Waals surface area contributed by atoms with Crippen LogP contribution in [0.1, 0.15) is 47.5 Å². The number of furan rings is 1. The first-order valence-electron chi connectivity index (χ1n) is 8.83. The van der Waals surface area contributed by atoms with Crippen molar-refractivity contribution in [2.45, 2.75) is 32.7 Å². The molecule has 0 fully saturated rings. The SMILES string of the molecule is CC[C@@H](NC(=O)COC(=O)CCNC(=O)c1ccco1)c1ccc(C)cc1. The highest BCUT2D eigenvalue weighted by Gasteiger charge is 2.15. The molecule has 0 saturated heterocycles. The van der Waals surface area contributed by atoms with Crippen LogP contribution in [0, 0.1) is 6.92 Å². The molecule has 2 aromatic rings. The van der Waals surface area contributed by atoms with Gasteiger partial charge in [0.15, 0.2) is 12.4 Å². The van der Waals surface area contributed by atoms with Gasteiger partial charge in [0.25, 0.3) is 11.8 Å². The molecule has 1 atom stereocenters. The van der Waals surface area contributed by atoms with E-state index >= 15 is 0 Å². The summed E-state index contributed by atoms with van der Waals surface area (Å²) >= 11 is 0. The molecular formula is C20H24N2O5. The molecule has 2 amide bonds. The molecule has 27 heavy (non-hydrogen) atoms. The van der Waals surface area contributed by atoms with Crippen molar-refractivity contribution in [3.05, 3.63) is 59.5 Å². The minimum Gasteiger partial charge on any atom is -0.459 e. The van der Waals surface area contributed by atoms with E-state index in [1.54, 1.807) is 6.07 Å². The number of benzene rings is 1. The second-order valence-electron chi connectivity index (χ2n) is 6.08. The van der Waals surface area contributed by atoms with Crippen LogP contribution in [0.5, 0.6) is 0 Å². The van der Waals surface area contributed by atoms with Crippen LogP contribution in [0.3, 0.4) is 0 Å². The molecule has 0 bridgehead atoms. The van der Waals surface area contributed by atoms with Crippen LogP contribution in [0.4, 0.5) is 0 Å². The molecule has 1 aromatic carbocycles. The van der Waals surface area contributed by atoms with Gasteiger partial charge in [0, 0.05) is 6.54 Å². The Balaban J connectivity index is 1.68. The third-order valence-corrected chi connectivity index (χ3v) is 3.95. The summed E-state index contributed by atoms with van der Waals surface area (Å²) in [5.74, 6) is -1.16. The molecule has 1 aromatic heterocycles. The molecule has 0 aliphatic carbocycles. The minimum atomic E-state index is -0.562. The summed E-state index contributed by atoms with van der Waals surface area (Å²) in [5, 5.41) is 5.39. The maximum absolute atomic E-state index is 12.0. The standard InChI is InChI=1S/C20H24N2O5/c1-3-16(15-8-6-14(2)7-9-15)22-18(23)13-27-19(24)10-11-21-20(25)17-5-4-12-26-17/h4-9,12,16H,3,10-11,13H2,1-2H3,(H,21,25)(H,22,23)/t16-/m1/s1. The van der Waals surface area contributed by atoms with Gasteiger partial charge in [-0.15, -0.1) is 0 Å². The van der Waals surface area contributed by atoms with Crippen LogP contribution < -0.4 is 10.6 Å². The average Bonchev–Trinajstić information content (AvgIpc) is 3.20. The molecule has 0 saturated carbocycles. The Bertz CT molecular complexity index is 753. The Hall–Kier alpha value is -3.09. The largest absolute Gasteiger partial charge is 0.459 e. The first-order valence-corrected chi connectivity index (χ1v) is 8.83. The molecule has 2 rings (SSSR count). The predicted molar refractivity (Wildman–Crippen MR) is 99.0 cm³/mol. The van der Waals surface area contributed by atoms with Crippen molar-refractivity contribution in [2.75, 3.05) is 13.2 Å². The second kappa shape index (κ2) is 10.2. The van der Waals surface area contributed by atoms with Crippen LogP contribution in [0.15, 0.2) is 47.1 Å². The van der Waals surface area contributed by atoms with Crippen LogP contribution in [0.2, 0.25) is 0 Å². The van der Waals surface area contributed by atoms with Crippen molar-refractivity contribution in [1.82, 2.24) is 10.6 Å². The number of nitrogens with one attached hydrogen (secondary N) is 2. The molecule has 7 heteroatoms. The molecule has 7 nitrogen and oxygen atoms in total. The van der Waals surface area contributed by atoms with E-state index in [4.69, 9.17) is 9.15 Å². The smallest absolute Gasteiger partial charge is 0.308 e. The number of carbonyl (C=O) groups excluding carboxylic acids is 3. The van der Waals surface area contributed by atoms with E-state index in [9.17, 15) is 14.4 Å². The van der Waals surface area contributed by atoms with Gasteiger partial charge in [-0.2, -0.15) is 0 Å². The summed E-state index contributed by atoms with van der Waals surface area (Å²) in [7, 11) is 0. The van der Waals surface area contributed by atoms with Gasteiger partial charge in [-0.3, -0.25) is 14.4 Å². The van der Waals surface area contributed by atoms with E-state index in [1.165, 1.54) is 12.3 Å². The van der Waals surface area contributed by atoms with Gasteiger partial charge in [-0.1, -0.05) is 36.8 Å². The van der Waals surface area contributed by atoms with E-state index in [-0.39, 0.29) is 37.3 Å². The highest BCUT2D eigenvalue weighted by atomic mass is 16.5. The van der Waals surface area contributed by atoms with Gasteiger partial charge in [-0.25, -0.2) is 0 Å². The number of hydrogen-bond acceptors (Lipinski definition) is 5. The molecule has 0 radical (unpaired) electrons. The molecule has 1 heterocycles. The summed E-state index contributed by atoms with van der Waals surface area (Å²) in [6.07, 6.45) is 2.08. The Kier molecular flexibility index (Phi) is 7.61. The van der Waals surface area contributed by atoms with Gasteiger partial charge < -0.3 is 19.8 Å². The van der Waals surface area contributed by atoms with Crippen LogP contribution in [-0.4, -0.2) is 30.9 Å². The molecule has 0 aliphatic heterocycles. The third kappa shape index (κ3) is 6.62. The molecule has 0 spiro atoms. The lowest BCUT2D eigenvalue weighted by Gasteiger charge is -2.17. The van der Waals surface area contributed by atoms with Crippen molar-refractivity contribution in [2.24, 2.45) is 0 Å². The normalized spacial score (nSPS) is 11.5.